The molecule has 2 N–H and O–H groups in total. The van der Waals surface area contributed by atoms with E-state index in [2.05, 4.69) is 0 Å². The third-order valence-corrected chi connectivity index (χ3v) is 6.89. The van der Waals surface area contributed by atoms with Crippen molar-refractivity contribution < 1.29 is 28.2 Å². The number of benzene rings is 3. The molecule has 1 spiro atoms. The number of aryl methyl sites for hydroxylation is 1. The van der Waals surface area contributed by atoms with E-state index in [1.54, 1.807) is 54.3 Å². The van der Waals surface area contributed by atoms with E-state index in [0.717, 1.165) is 17.7 Å². The summed E-state index contributed by atoms with van der Waals surface area (Å²) in [5, 5.41) is 21.7. The number of para-hydroxylation sites is 1. The summed E-state index contributed by atoms with van der Waals surface area (Å²) in [7, 11) is 0. The maximum absolute atomic E-state index is 14.4. The molecular formula is C26H23F3N2O3. The molecule has 3 aromatic rings. The predicted octanol–water partition coefficient (Wildman–Crippen LogP) is 5.12. The van der Waals surface area contributed by atoms with Crippen LogP contribution in [0.15, 0.2) is 66.7 Å². The minimum atomic E-state index is -4.60. The van der Waals surface area contributed by atoms with Gasteiger partial charge in [0.15, 0.2) is 0 Å². The fraction of sp³-hybridized carbons (Fsp3) is 0.269. The van der Waals surface area contributed by atoms with Crippen molar-refractivity contribution in [1.29, 1.82) is 0 Å². The first-order valence-corrected chi connectivity index (χ1v) is 11.1. The van der Waals surface area contributed by atoms with Gasteiger partial charge in [0.05, 0.1) is 16.9 Å². The molecule has 1 aliphatic carbocycles. The number of anilines is 3. The number of hydrogen-bond donors (Lipinski definition) is 2. The van der Waals surface area contributed by atoms with Crippen LogP contribution in [0.2, 0.25) is 0 Å². The molecule has 0 aromatic heterocycles. The molecule has 5 rings (SSSR count). The van der Waals surface area contributed by atoms with Crippen LogP contribution in [0.3, 0.4) is 0 Å². The van der Waals surface area contributed by atoms with Gasteiger partial charge in [-0.3, -0.25) is 9.69 Å². The van der Waals surface area contributed by atoms with E-state index < -0.39 is 29.3 Å². The lowest BCUT2D eigenvalue weighted by Gasteiger charge is -2.39. The summed E-state index contributed by atoms with van der Waals surface area (Å²) in [6, 6.07) is 16.4. The highest BCUT2D eigenvalue weighted by Gasteiger charge is 2.57. The quantitative estimate of drug-likeness (QED) is 0.548. The second kappa shape index (κ2) is 7.77. The highest BCUT2D eigenvalue weighted by atomic mass is 19.4. The second-order valence-corrected chi connectivity index (χ2v) is 8.65. The molecule has 1 amide bonds. The normalized spacial score (nSPS) is 22.0. The molecule has 2 unspecified atom stereocenters. The van der Waals surface area contributed by atoms with Crippen molar-refractivity contribution in [2.75, 3.05) is 16.3 Å². The largest absolute Gasteiger partial charge is 0.508 e. The van der Waals surface area contributed by atoms with Gasteiger partial charge in [0.1, 0.15) is 17.4 Å². The fourth-order valence-electron chi connectivity index (χ4n) is 5.29. The van der Waals surface area contributed by atoms with Crippen LogP contribution in [0.25, 0.3) is 0 Å². The molecule has 0 fully saturated rings. The Kier molecular flexibility index (Phi) is 5.09. The number of phenolic OH excluding ortho intramolecular Hbond substituents is 1. The first-order valence-electron chi connectivity index (χ1n) is 11.1. The van der Waals surface area contributed by atoms with Crippen molar-refractivity contribution in [3.8, 4) is 5.75 Å². The number of halogens is 3. The number of aliphatic hydroxyl groups excluding tert-OH is 1. The van der Waals surface area contributed by atoms with E-state index in [-0.39, 0.29) is 24.4 Å². The number of aromatic hydroxyl groups is 1. The summed E-state index contributed by atoms with van der Waals surface area (Å²) >= 11 is 0. The van der Waals surface area contributed by atoms with Crippen molar-refractivity contribution in [3.05, 3.63) is 83.4 Å². The van der Waals surface area contributed by atoms with E-state index in [9.17, 15) is 28.2 Å². The number of phenols is 1. The molecule has 2 aliphatic rings. The molecule has 2 atom stereocenters. The van der Waals surface area contributed by atoms with E-state index >= 15 is 0 Å². The van der Waals surface area contributed by atoms with Crippen LogP contribution in [0.1, 0.15) is 30.0 Å². The van der Waals surface area contributed by atoms with E-state index in [0.29, 0.717) is 23.4 Å². The molecule has 176 valence electrons. The maximum atomic E-state index is 14.4. The fourth-order valence-corrected chi connectivity index (χ4v) is 5.29. The Morgan fingerprint density at radius 2 is 1.76 bits per heavy atom. The third kappa shape index (κ3) is 3.16. The second-order valence-electron chi connectivity index (χ2n) is 8.65. The topological polar surface area (TPSA) is 64.0 Å². The van der Waals surface area contributed by atoms with Gasteiger partial charge in [-0.1, -0.05) is 24.3 Å². The number of rotatable bonds is 2. The average molecular weight is 468 g/mol. The van der Waals surface area contributed by atoms with Gasteiger partial charge in [0, 0.05) is 12.2 Å². The number of carbonyl (C=O) groups excluding carboxylic acids is 1. The molecule has 1 heterocycles. The number of likely N-dealkylation sites (N-methyl/N-ethyl adjacent to an activating group) is 1. The molecule has 34 heavy (non-hydrogen) atoms. The molecular weight excluding hydrogens is 445 g/mol. The van der Waals surface area contributed by atoms with Crippen LogP contribution < -0.4 is 9.80 Å². The van der Waals surface area contributed by atoms with Gasteiger partial charge in [-0.2, -0.15) is 13.2 Å². The van der Waals surface area contributed by atoms with Crippen molar-refractivity contribution in [2.24, 2.45) is 0 Å². The van der Waals surface area contributed by atoms with Crippen LogP contribution in [0.4, 0.5) is 30.2 Å². The number of amides is 1. The van der Waals surface area contributed by atoms with Crippen molar-refractivity contribution >= 4 is 23.0 Å². The van der Waals surface area contributed by atoms with Crippen molar-refractivity contribution in [1.82, 2.24) is 0 Å². The van der Waals surface area contributed by atoms with Crippen molar-refractivity contribution in [2.45, 2.75) is 37.6 Å². The Morgan fingerprint density at radius 1 is 1.03 bits per heavy atom. The number of aliphatic hydroxyl groups is 1. The molecule has 5 nitrogen and oxygen atoms in total. The summed E-state index contributed by atoms with van der Waals surface area (Å²) in [5.74, 6) is -0.455. The summed E-state index contributed by atoms with van der Waals surface area (Å²) in [6.07, 6.45) is -5.22. The summed E-state index contributed by atoms with van der Waals surface area (Å²) in [6.45, 7) is 2.05. The van der Waals surface area contributed by atoms with Crippen molar-refractivity contribution in [3.63, 3.8) is 0 Å². The SMILES string of the molecule is CCN1c2ccc(C(F)(F)F)cc2N(c2ccccc2)C(=O)C2(CCc3cc(O)ccc32)C1O. The first kappa shape index (κ1) is 22.3. The van der Waals surface area contributed by atoms with E-state index in [1.165, 1.54) is 17.0 Å². The average Bonchev–Trinajstić information content (AvgIpc) is 3.16. The molecule has 0 saturated carbocycles. The number of carbonyl (C=O) groups is 1. The lowest BCUT2D eigenvalue weighted by atomic mass is 9.78. The number of fused-ring (bicyclic) bond motifs is 3. The minimum Gasteiger partial charge on any atom is -0.508 e. The summed E-state index contributed by atoms with van der Waals surface area (Å²) in [5.41, 5.74) is -0.181. The van der Waals surface area contributed by atoms with Crippen LogP contribution in [-0.2, 0) is 22.8 Å². The Bertz CT molecular complexity index is 1260. The van der Waals surface area contributed by atoms with Gasteiger partial charge >= 0.3 is 6.18 Å². The Morgan fingerprint density at radius 3 is 2.44 bits per heavy atom. The smallest absolute Gasteiger partial charge is 0.416 e. The Balaban J connectivity index is 1.82. The zero-order valence-corrected chi connectivity index (χ0v) is 18.4. The molecule has 0 saturated heterocycles. The van der Waals surface area contributed by atoms with Gasteiger partial charge < -0.3 is 15.1 Å². The number of nitrogens with zero attached hydrogens (tertiary/aromatic N) is 2. The minimum absolute atomic E-state index is 0.0525. The monoisotopic (exact) mass is 468 g/mol. The highest BCUT2D eigenvalue weighted by molar-refractivity contribution is 6.11. The Labute approximate surface area is 194 Å². The molecule has 3 aromatic carbocycles. The lowest BCUT2D eigenvalue weighted by Crippen LogP contribution is -2.56. The van der Waals surface area contributed by atoms with Gasteiger partial charge in [-0.05, 0) is 73.4 Å². The van der Waals surface area contributed by atoms with Crippen LogP contribution in [-0.4, -0.2) is 28.9 Å². The van der Waals surface area contributed by atoms with Crippen LogP contribution in [0, 0.1) is 0 Å². The number of hydrogen-bond acceptors (Lipinski definition) is 4. The molecule has 0 radical (unpaired) electrons. The van der Waals surface area contributed by atoms with Crippen LogP contribution in [0.5, 0.6) is 5.75 Å². The predicted molar refractivity (Wildman–Crippen MR) is 122 cm³/mol. The maximum Gasteiger partial charge on any atom is 0.416 e. The third-order valence-electron chi connectivity index (χ3n) is 6.89. The molecule has 8 heteroatoms. The Hall–Kier alpha value is -3.52. The van der Waals surface area contributed by atoms with Gasteiger partial charge in [0.25, 0.3) is 0 Å². The first-order chi connectivity index (χ1) is 16.2. The summed E-state index contributed by atoms with van der Waals surface area (Å²) in [4.78, 5) is 17.3. The lowest BCUT2D eigenvalue weighted by molar-refractivity contribution is -0.137. The highest BCUT2D eigenvalue weighted by Crippen LogP contribution is 2.52. The number of alkyl halides is 3. The standard InChI is InChI=1S/C26H23F3N2O3/c1-2-30-21-11-8-17(26(27,28)29)15-22(21)31(18-6-4-3-5-7-18)24(34)25(23(30)33)13-12-16-14-19(32)9-10-20(16)25/h3-11,14-15,23,32-33H,2,12-13H2,1H3. The van der Waals surface area contributed by atoms with Gasteiger partial charge in [-0.25, -0.2) is 0 Å². The molecule has 0 bridgehead atoms. The van der Waals surface area contributed by atoms with E-state index in [4.69, 9.17) is 0 Å². The van der Waals surface area contributed by atoms with E-state index in [1.807, 2.05) is 0 Å². The molecule has 1 aliphatic heterocycles. The zero-order valence-electron chi connectivity index (χ0n) is 18.4. The summed E-state index contributed by atoms with van der Waals surface area (Å²) < 4.78 is 41.0. The van der Waals surface area contributed by atoms with Gasteiger partial charge in [-0.15, -0.1) is 0 Å². The van der Waals surface area contributed by atoms with Gasteiger partial charge in [0.2, 0.25) is 5.91 Å². The van der Waals surface area contributed by atoms with Crippen LogP contribution >= 0.6 is 0 Å². The zero-order chi connectivity index (χ0) is 24.3.